The molecule has 0 unspecified atom stereocenters. The first-order valence-corrected chi connectivity index (χ1v) is 9.49. The van der Waals surface area contributed by atoms with Crippen LogP contribution in [0, 0.1) is 31.6 Å². The molecule has 0 radical (unpaired) electrons. The van der Waals surface area contributed by atoms with E-state index in [-0.39, 0.29) is 5.95 Å². The van der Waals surface area contributed by atoms with Crippen LogP contribution < -0.4 is 10.5 Å². The first kappa shape index (κ1) is 20.0. The highest BCUT2D eigenvalue weighted by atomic mass is 35.5. The number of nitrogens with zero attached hydrogens (tertiary/aromatic N) is 4. The molecule has 0 aromatic carbocycles. The average molecular weight is 398 g/mol. The second kappa shape index (κ2) is 8.07. The Bertz CT molecular complexity index is 1090. The Morgan fingerprint density at radius 3 is 2.71 bits per heavy atom. The van der Waals surface area contributed by atoms with Gasteiger partial charge in [-0.3, -0.25) is 4.98 Å². The zero-order valence-electron chi connectivity index (χ0n) is 16.8. The fourth-order valence-corrected chi connectivity index (χ4v) is 3.39. The van der Waals surface area contributed by atoms with Crippen molar-refractivity contribution in [1.82, 2.24) is 19.5 Å². The van der Waals surface area contributed by atoms with Gasteiger partial charge in [0.15, 0.2) is 0 Å². The number of aromatic nitrogens is 4. The fourth-order valence-electron chi connectivity index (χ4n) is 3.12. The lowest BCUT2D eigenvalue weighted by Crippen LogP contribution is -2.07. The van der Waals surface area contributed by atoms with E-state index in [1.54, 1.807) is 7.11 Å². The van der Waals surface area contributed by atoms with Crippen molar-refractivity contribution in [2.45, 2.75) is 40.7 Å². The zero-order chi connectivity index (χ0) is 20.4. The Balaban J connectivity index is 2.12. The quantitative estimate of drug-likeness (QED) is 0.528. The molecule has 6 nitrogen and oxygen atoms in total. The number of anilines is 1. The topological polar surface area (TPSA) is 78.8 Å². The smallest absolute Gasteiger partial charge is 0.223 e. The van der Waals surface area contributed by atoms with Crippen LogP contribution in [-0.2, 0) is 6.54 Å². The molecule has 2 N–H and O–H groups in total. The van der Waals surface area contributed by atoms with Crippen LogP contribution in [0.5, 0.6) is 5.75 Å². The van der Waals surface area contributed by atoms with E-state index in [1.807, 2.05) is 30.8 Å². The maximum absolute atomic E-state index is 6.38. The number of nitrogen functional groups attached to an aromatic ring is 1. The van der Waals surface area contributed by atoms with Gasteiger partial charge in [0.25, 0.3) is 0 Å². The van der Waals surface area contributed by atoms with E-state index in [1.165, 1.54) is 0 Å². The number of hydrogen-bond acceptors (Lipinski definition) is 5. The predicted octanol–water partition coefficient (Wildman–Crippen LogP) is 4.13. The van der Waals surface area contributed by atoms with Crippen LogP contribution in [0.4, 0.5) is 5.95 Å². The van der Waals surface area contributed by atoms with E-state index in [0.717, 1.165) is 34.6 Å². The summed E-state index contributed by atoms with van der Waals surface area (Å²) in [4.78, 5) is 13.1. The molecule has 3 aromatic rings. The number of fused-ring (bicyclic) bond motifs is 1. The van der Waals surface area contributed by atoms with Crippen LogP contribution in [0.15, 0.2) is 12.4 Å². The highest BCUT2D eigenvalue weighted by Gasteiger charge is 2.17. The molecule has 3 rings (SSSR count). The Labute approximate surface area is 170 Å². The van der Waals surface area contributed by atoms with E-state index in [0.29, 0.717) is 28.6 Å². The van der Waals surface area contributed by atoms with E-state index >= 15 is 0 Å². The third-order valence-corrected chi connectivity index (χ3v) is 4.77. The molecular weight excluding hydrogens is 374 g/mol. The Morgan fingerprint density at radius 2 is 2.04 bits per heavy atom. The summed E-state index contributed by atoms with van der Waals surface area (Å²) in [5, 5.41) is 1.02. The van der Waals surface area contributed by atoms with Crippen molar-refractivity contribution < 1.29 is 4.74 Å². The van der Waals surface area contributed by atoms with E-state index in [9.17, 15) is 0 Å². The van der Waals surface area contributed by atoms with Crippen LogP contribution in [0.25, 0.3) is 11.0 Å². The molecule has 0 saturated heterocycles. The van der Waals surface area contributed by atoms with Gasteiger partial charge in [0.05, 0.1) is 30.3 Å². The predicted molar refractivity (Wildman–Crippen MR) is 113 cm³/mol. The van der Waals surface area contributed by atoms with Gasteiger partial charge in [-0.25, -0.2) is 4.98 Å². The van der Waals surface area contributed by atoms with Gasteiger partial charge in [0.1, 0.15) is 16.5 Å². The minimum Gasteiger partial charge on any atom is -0.496 e. The molecule has 28 heavy (non-hydrogen) atoms. The summed E-state index contributed by atoms with van der Waals surface area (Å²) in [6, 6.07) is 0. The highest BCUT2D eigenvalue weighted by molar-refractivity contribution is 6.34. The van der Waals surface area contributed by atoms with Crippen molar-refractivity contribution >= 4 is 28.6 Å². The number of ether oxygens (including phenoxy) is 1. The van der Waals surface area contributed by atoms with E-state index in [4.69, 9.17) is 22.1 Å². The molecule has 0 aliphatic carbocycles. The third-order valence-electron chi connectivity index (χ3n) is 4.49. The molecule has 0 spiro atoms. The van der Waals surface area contributed by atoms with Gasteiger partial charge in [0.2, 0.25) is 5.95 Å². The summed E-state index contributed by atoms with van der Waals surface area (Å²) < 4.78 is 7.48. The summed E-state index contributed by atoms with van der Waals surface area (Å²) in [5.74, 6) is 7.88. The maximum Gasteiger partial charge on any atom is 0.223 e. The van der Waals surface area contributed by atoms with Gasteiger partial charge in [-0.2, -0.15) is 4.98 Å². The highest BCUT2D eigenvalue weighted by Crippen LogP contribution is 2.29. The minimum atomic E-state index is 0.129. The zero-order valence-corrected chi connectivity index (χ0v) is 17.6. The Hall–Kier alpha value is -2.78. The first-order chi connectivity index (χ1) is 13.3. The lowest BCUT2D eigenvalue weighted by Gasteiger charge is -2.13. The van der Waals surface area contributed by atoms with Crippen molar-refractivity contribution in [3.63, 3.8) is 0 Å². The lowest BCUT2D eigenvalue weighted by atomic mass is 10.1. The number of halogens is 1. The molecule has 0 atom stereocenters. The Kier molecular flexibility index (Phi) is 5.76. The molecule has 3 heterocycles. The number of nitrogens with two attached hydrogens (primary N) is 1. The Morgan fingerprint density at radius 1 is 1.29 bits per heavy atom. The van der Waals surface area contributed by atoms with Crippen molar-refractivity contribution in [3.05, 3.63) is 39.9 Å². The van der Waals surface area contributed by atoms with Crippen molar-refractivity contribution in [2.75, 3.05) is 12.8 Å². The lowest BCUT2D eigenvalue weighted by molar-refractivity contribution is 0.406. The van der Waals surface area contributed by atoms with Gasteiger partial charge < -0.3 is 15.0 Å². The van der Waals surface area contributed by atoms with Gasteiger partial charge in [-0.05, 0) is 19.8 Å². The molecule has 0 aliphatic heterocycles. The van der Waals surface area contributed by atoms with Gasteiger partial charge in [0, 0.05) is 29.9 Å². The molecule has 3 aromatic heterocycles. The first-order valence-electron chi connectivity index (χ1n) is 9.11. The summed E-state index contributed by atoms with van der Waals surface area (Å²) in [6.07, 6.45) is 4.55. The largest absolute Gasteiger partial charge is 0.496 e. The molecule has 0 fully saturated rings. The summed E-state index contributed by atoms with van der Waals surface area (Å²) >= 11 is 6.38. The second-order valence-electron chi connectivity index (χ2n) is 7.19. The van der Waals surface area contributed by atoms with Crippen molar-refractivity contribution in [2.24, 2.45) is 5.92 Å². The molecule has 0 bridgehead atoms. The van der Waals surface area contributed by atoms with E-state index < -0.39 is 0 Å². The summed E-state index contributed by atoms with van der Waals surface area (Å²) in [6.45, 7) is 8.74. The molecule has 146 valence electrons. The second-order valence-corrected chi connectivity index (χ2v) is 7.55. The maximum atomic E-state index is 6.38. The number of aryl methyl sites for hydroxylation is 1. The molecular formula is C21H24ClN5O. The molecule has 0 aliphatic rings. The van der Waals surface area contributed by atoms with Crippen LogP contribution in [0.3, 0.4) is 0 Å². The van der Waals surface area contributed by atoms with Crippen molar-refractivity contribution in [1.29, 1.82) is 0 Å². The number of methoxy groups -OCH3 is 1. The third kappa shape index (κ3) is 3.90. The van der Waals surface area contributed by atoms with Gasteiger partial charge >= 0.3 is 0 Å². The van der Waals surface area contributed by atoms with Crippen LogP contribution in [0.2, 0.25) is 5.15 Å². The van der Waals surface area contributed by atoms with Crippen molar-refractivity contribution in [3.8, 4) is 17.6 Å². The van der Waals surface area contributed by atoms with Gasteiger partial charge in [-0.15, -0.1) is 0 Å². The van der Waals surface area contributed by atoms with Gasteiger partial charge in [-0.1, -0.05) is 37.3 Å². The number of rotatable bonds is 4. The summed E-state index contributed by atoms with van der Waals surface area (Å²) in [7, 11) is 1.67. The van der Waals surface area contributed by atoms with Crippen LogP contribution >= 0.6 is 11.6 Å². The van der Waals surface area contributed by atoms with E-state index in [2.05, 4.69) is 40.6 Å². The van der Waals surface area contributed by atoms with Crippen LogP contribution in [-0.4, -0.2) is 26.6 Å². The molecule has 0 amide bonds. The average Bonchev–Trinajstić information content (AvgIpc) is 2.95. The number of hydrogen-bond donors (Lipinski definition) is 1. The number of pyridine rings is 1. The minimum absolute atomic E-state index is 0.129. The normalized spacial score (nSPS) is 11.0. The molecule has 0 saturated carbocycles. The van der Waals surface area contributed by atoms with Crippen LogP contribution in [0.1, 0.15) is 42.7 Å². The fraction of sp³-hybridized carbons (Fsp3) is 0.381. The monoisotopic (exact) mass is 397 g/mol. The SMILES string of the molecule is COc1c(C)cnc(Cn2cc(C#CCC(C)C)c3c(Cl)nc(N)nc32)c1C. The standard InChI is InChI=1S/C21H24ClN5O/c1-12(2)7-6-8-15-10-27(20-17(15)19(22)25-21(23)26-20)11-16-14(4)18(28-5)13(3)9-24-16/h9-10,12H,7,11H2,1-5H3,(H2,23,25,26). The summed E-state index contributed by atoms with van der Waals surface area (Å²) in [5.41, 5.74) is 10.1. The molecule has 7 heteroatoms.